The van der Waals surface area contributed by atoms with Gasteiger partial charge in [-0.3, -0.25) is 9.59 Å². The minimum atomic E-state index is -0.937. The number of aliphatic carboxylic acids is 1. The molecule has 0 saturated heterocycles. The van der Waals surface area contributed by atoms with Crippen molar-refractivity contribution in [2.45, 2.75) is 32.6 Å². The van der Waals surface area contributed by atoms with Crippen molar-refractivity contribution in [3.63, 3.8) is 0 Å². The molecule has 1 heterocycles. The quantitative estimate of drug-likeness (QED) is 0.872. The number of aromatic nitrogens is 2. The van der Waals surface area contributed by atoms with E-state index in [4.69, 9.17) is 5.11 Å². The van der Waals surface area contributed by atoms with E-state index in [1.54, 1.807) is 16.8 Å². The number of amides is 1. The van der Waals surface area contributed by atoms with Crippen molar-refractivity contribution in [2.75, 3.05) is 13.1 Å². The second kappa shape index (κ2) is 7.04. The first kappa shape index (κ1) is 17.1. The van der Waals surface area contributed by atoms with Gasteiger partial charge in [-0.2, -0.15) is 5.10 Å². The normalized spacial score (nSPS) is 12.9. The Hall–Kier alpha value is -2.70. The van der Waals surface area contributed by atoms with Gasteiger partial charge in [0.15, 0.2) is 5.69 Å². The summed E-state index contributed by atoms with van der Waals surface area (Å²) in [5.41, 5.74) is 2.99. The Morgan fingerprint density at radius 3 is 2.64 bits per heavy atom. The van der Waals surface area contributed by atoms with Crippen LogP contribution in [0.3, 0.4) is 0 Å². The molecule has 132 valence electrons. The highest BCUT2D eigenvalue weighted by atomic mass is 19.1. The topological polar surface area (TPSA) is 75.4 Å². The summed E-state index contributed by atoms with van der Waals surface area (Å²) in [5.74, 6) is -1.51. The number of benzene rings is 1. The molecule has 1 aliphatic carbocycles. The predicted molar refractivity (Wildman–Crippen MR) is 89.4 cm³/mol. The Balaban J connectivity index is 1.94. The Kier molecular flexibility index (Phi) is 4.83. The Labute approximate surface area is 144 Å². The Bertz CT molecular complexity index is 799. The SMILES string of the molecule is CCN(CCC(=O)O)C(=O)c1nn(-c2ccc(F)cc2)c2c1CCC2. The number of halogens is 1. The lowest BCUT2D eigenvalue weighted by Crippen LogP contribution is -2.33. The van der Waals surface area contributed by atoms with E-state index in [1.165, 1.54) is 17.0 Å². The molecule has 3 rings (SSSR count). The molecule has 7 heteroatoms. The molecule has 1 aromatic carbocycles. The summed E-state index contributed by atoms with van der Waals surface area (Å²) in [4.78, 5) is 25.1. The van der Waals surface area contributed by atoms with Gasteiger partial charge in [0.2, 0.25) is 0 Å². The third-order valence-electron chi connectivity index (χ3n) is 4.47. The molecule has 1 aromatic heterocycles. The third-order valence-corrected chi connectivity index (χ3v) is 4.47. The van der Waals surface area contributed by atoms with E-state index in [1.807, 2.05) is 6.92 Å². The fraction of sp³-hybridized carbons (Fsp3) is 0.389. The summed E-state index contributed by atoms with van der Waals surface area (Å²) < 4.78 is 14.9. The summed E-state index contributed by atoms with van der Waals surface area (Å²) >= 11 is 0. The highest BCUT2D eigenvalue weighted by molar-refractivity contribution is 5.94. The lowest BCUT2D eigenvalue weighted by atomic mass is 10.1. The second-order valence-electron chi connectivity index (χ2n) is 6.04. The van der Waals surface area contributed by atoms with E-state index in [0.29, 0.717) is 17.9 Å². The summed E-state index contributed by atoms with van der Waals surface area (Å²) in [6.07, 6.45) is 2.43. The first-order valence-electron chi connectivity index (χ1n) is 8.39. The predicted octanol–water partition coefficient (Wildman–Crippen LogP) is 2.44. The number of rotatable bonds is 6. The second-order valence-corrected chi connectivity index (χ2v) is 6.04. The van der Waals surface area contributed by atoms with Crippen molar-refractivity contribution < 1.29 is 19.1 Å². The molecule has 25 heavy (non-hydrogen) atoms. The van der Waals surface area contributed by atoms with E-state index < -0.39 is 5.97 Å². The number of fused-ring (bicyclic) bond motifs is 1. The van der Waals surface area contributed by atoms with Crippen molar-refractivity contribution in [1.82, 2.24) is 14.7 Å². The average Bonchev–Trinajstić information content (AvgIpc) is 3.18. The zero-order chi connectivity index (χ0) is 18.0. The van der Waals surface area contributed by atoms with Crippen LogP contribution in [0.4, 0.5) is 4.39 Å². The summed E-state index contributed by atoms with van der Waals surface area (Å²) in [6, 6.07) is 6.00. The van der Waals surface area contributed by atoms with Gasteiger partial charge in [0, 0.05) is 24.3 Å². The van der Waals surface area contributed by atoms with Gasteiger partial charge in [0.1, 0.15) is 5.82 Å². The fourth-order valence-electron chi connectivity index (χ4n) is 3.19. The lowest BCUT2D eigenvalue weighted by Gasteiger charge is -2.19. The van der Waals surface area contributed by atoms with Crippen LogP contribution in [-0.4, -0.2) is 44.8 Å². The molecule has 6 nitrogen and oxygen atoms in total. The highest BCUT2D eigenvalue weighted by Gasteiger charge is 2.29. The number of carbonyl (C=O) groups is 2. The van der Waals surface area contributed by atoms with Gasteiger partial charge in [-0.25, -0.2) is 9.07 Å². The lowest BCUT2D eigenvalue weighted by molar-refractivity contribution is -0.137. The van der Waals surface area contributed by atoms with Crippen LogP contribution in [0.1, 0.15) is 41.5 Å². The number of carboxylic acids is 1. The Morgan fingerprint density at radius 1 is 1.28 bits per heavy atom. The number of hydrogen-bond acceptors (Lipinski definition) is 3. The average molecular weight is 345 g/mol. The van der Waals surface area contributed by atoms with Crippen molar-refractivity contribution in [1.29, 1.82) is 0 Å². The van der Waals surface area contributed by atoms with Gasteiger partial charge < -0.3 is 10.0 Å². The first-order chi connectivity index (χ1) is 12.0. The fourth-order valence-corrected chi connectivity index (χ4v) is 3.19. The van der Waals surface area contributed by atoms with Crippen LogP contribution in [0, 0.1) is 5.82 Å². The molecule has 2 aromatic rings. The standard InChI is InChI=1S/C18H20FN3O3/c1-2-21(11-10-16(23)24)18(25)17-14-4-3-5-15(14)22(20-17)13-8-6-12(19)7-9-13/h6-9H,2-5,10-11H2,1H3,(H,23,24). The van der Waals surface area contributed by atoms with Gasteiger partial charge >= 0.3 is 5.97 Å². The van der Waals surface area contributed by atoms with E-state index >= 15 is 0 Å². The molecule has 0 fully saturated rings. The summed E-state index contributed by atoms with van der Waals surface area (Å²) in [5, 5.41) is 13.3. The highest BCUT2D eigenvalue weighted by Crippen LogP contribution is 2.28. The van der Waals surface area contributed by atoms with Gasteiger partial charge in [-0.05, 0) is 50.5 Å². The molecule has 1 amide bonds. The largest absolute Gasteiger partial charge is 0.481 e. The zero-order valence-corrected chi connectivity index (χ0v) is 14.0. The summed E-state index contributed by atoms with van der Waals surface area (Å²) in [7, 11) is 0. The van der Waals surface area contributed by atoms with Crippen molar-refractivity contribution in [3.05, 3.63) is 47.0 Å². The number of carboxylic acid groups (broad SMARTS) is 1. The van der Waals surface area contributed by atoms with Crippen LogP contribution >= 0.6 is 0 Å². The van der Waals surface area contributed by atoms with Crippen LogP contribution in [0.2, 0.25) is 0 Å². The number of nitrogens with zero attached hydrogens (tertiary/aromatic N) is 3. The molecule has 0 bridgehead atoms. The maximum absolute atomic E-state index is 13.2. The van der Waals surface area contributed by atoms with E-state index in [-0.39, 0.29) is 24.7 Å². The molecule has 0 spiro atoms. The van der Waals surface area contributed by atoms with Gasteiger partial charge in [-0.1, -0.05) is 0 Å². The van der Waals surface area contributed by atoms with Crippen molar-refractivity contribution in [2.24, 2.45) is 0 Å². The molecule has 1 aliphatic rings. The molecule has 0 radical (unpaired) electrons. The first-order valence-corrected chi connectivity index (χ1v) is 8.39. The van der Waals surface area contributed by atoms with Gasteiger partial charge in [-0.15, -0.1) is 0 Å². The maximum Gasteiger partial charge on any atom is 0.305 e. The van der Waals surface area contributed by atoms with Crippen LogP contribution in [0.5, 0.6) is 0 Å². The minimum absolute atomic E-state index is 0.0968. The minimum Gasteiger partial charge on any atom is -0.481 e. The maximum atomic E-state index is 13.2. The van der Waals surface area contributed by atoms with Crippen molar-refractivity contribution in [3.8, 4) is 5.69 Å². The molecule has 0 atom stereocenters. The number of hydrogen-bond donors (Lipinski definition) is 1. The summed E-state index contributed by atoms with van der Waals surface area (Å²) in [6.45, 7) is 2.39. The molecular weight excluding hydrogens is 325 g/mol. The van der Waals surface area contributed by atoms with E-state index in [9.17, 15) is 14.0 Å². The molecule has 0 saturated carbocycles. The monoisotopic (exact) mass is 345 g/mol. The van der Waals surface area contributed by atoms with Crippen molar-refractivity contribution >= 4 is 11.9 Å². The van der Waals surface area contributed by atoms with Crippen LogP contribution in [0.15, 0.2) is 24.3 Å². The molecule has 1 N–H and O–H groups in total. The molecule has 0 unspecified atom stereocenters. The third kappa shape index (κ3) is 3.40. The van der Waals surface area contributed by atoms with Crippen LogP contribution < -0.4 is 0 Å². The van der Waals surface area contributed by atoms with E-state index in [2.05, 4.69) is 5.10 Å². The smallest absolute Gasteiger partial charge is 0.305 e. The number of carbonyl (C=O) groups excluding carboxylic acids is 1. The Morgan fingerprint density at radius 2 is 2.00 bits per heavy atom. The van der Waals surface area contributed by atoms with Gasteiger partial charge in [0.25, 0.3) is 5.91 Å². The molecule has 0 aliphatic heterocycles. The molecular formula is C18H20FN3O3. The van der Waals surface area contributed by atoms with Crippen LogP contribution in [0.25, 0.3) is 5.69 Å². The van der Waals surface area contributed by atoms with E-state index in [0.717, 1.165) is 30.5 Å². The zero-order valence-electron chi connectivity index (χ0n) is 14.0. The van der Waals surface area contributed by atoms with Crippen LogP contribution in [-0.2, 0) is 17.6 Å². The van der Waals surface area contributed by atoms with Gasteiger partial charge in [0.05, 0.1) is 12.1 Å².